The van der Waals surface area contributed by atoms with Crippen LogP contribution in [0.15, 0.2) is 18.2 Å². The minimum absolute atomic E-state index is 0.0727. The Morgan fingerprint density at radius 1 is 1.41 bits per heavy atom. The number of amides is 1. The molecule has 0 unspecified atom stereocenters. The maximum absolute atomic E-state index is 11.7. The van der Waals surface area contributed by atoms with Crippen molar-refractivity contribution in [1.29, 1.82) is 0 Å². The molecular formula is C12H20N4O. The van der Waals surface area contributed by atoms with Gasteiger partial charge in [0.1, 0.15) is 11.6 Å². The van der Waals surface area contributed by atoms with Gasteiger partial charge in [0.05, 0.1) is 6.54 Å². The summed E-state index contributed by atoms with van der Waals surface area (Å²) in [5, 5.41) is 2.99. The third kappa shape index (κ3) is 3.62. The molecule has 0 aliphatic heterocycles. The van der Waals surface area contributed by atoms with Crippen LogP contribution in [0.2, 0.25) is 0 Å². The minimum atomic E-state index is 0.0727. The third-order valence-corrected chi connectivity index (χ3v) is 2.52. The molecule has 0 radical (unpaired) electrons. The molecule has 1 heterocycles. The number of pyridine rings is 1. The largest absolute Gasteiger partial charge is 0.373 e. The zero-order valence-electron chi connectivity index (χ0n) is 10.9. The second kappa shape index (κ2) is 6.08. The van der Waals surface area contributed by atoms with E-state index in [9.17, 15) is 4.79 Å². The minimum Gasteiger partial charge on any atom is -0.373 e. The Balaban J connectivity index is 2.82. The highest BCUT2D eigenvalue weighted by molar-refractivity contribution is 5.80. The van der Waals surface area contributed by atoms with Gasteiger partial charge in [-0.15, -0.1) is 0 Å². The molecule has 5 nitrogen and oxygen atoms in total. The first kappa shape index (κ1) is 13.3. The summed E-state index contributed by atoms with van der Waals surface area (Å²) in [4.78, 5) is 19.6. The topological polar surface area (TPSA) is 48.5 Å². The molecule has 0 aromatic carbocycles. The normalized spacial score (nSPS) is 9.88. The van der Waals surface area contributed by atoms with Gasteiger partial charge in [0.25, 0.3) is 0 Å². The summed E-state index contributed by atoms with van der Waals surface area (Å²) < 4.78 is 0. The van der Waals surface area contributed by atoms with Gasteiger partial charge in [0.2, 0.25) is 5.91 Å². The second-order valence-corrected chi connectivity index (χ2v) is 3.93. The molecule has 0 bridgehead atoms. The Hall–Kier alpha value is -1.78. The molecule has 0 saturated heterocycles. The maximum Gasteiger partial charge on any atom is 0.241 e. The van der Waals surface area contributed by atoms with E-state index < -0.39 is 0 Å². The zero-order valence-corrected chi connectivity index (χ0v) is 10.9. The average molecular weight is 236 g/mol. The lowest BCUT2D eigenvalue weighted by Gasteiger charge is -2.23. The van der Waals surface area contributed by atoms with E-state index in [1.54, 1.807) is 19.0 Å². The van der Waals surface area contributed by atoms with Gasteiger partial charge in [-0.05, 0) is 19.1 Å². The number of hydrogen-bond donors (Lipinski definition) is 1. The second-order valence-electron chi connectivity index (χ2n) is 3.93. The number of carbonyl (C=O) groups is 1. The van der Waals surface area contributed by atoms with Gasteiger partial charge < -0.3 is 15.1 Å². The Morgan fingerprint density at radius 2 is 2.12 bits per heavy atom. The fraction of sp³-hybridized carbons (Fsp3) is 0.500. The molecule has 0 aliphatic rings. The van der Waals surface area contributed by atoms with Crippen LogP contribution in [0, 0.1) is 0 Å². The van der Waals surface area contributed by atoms with Crippen molar-refractivity contribution in [2.45, 2.75) is 6.92 Å². The summed E-state index contributed by atoms with van der Waals surface area (Å²) in [6.45, 7) is 3.11. The Kier molecular flexibility index (Phi) is 4.75. The molecule has 1 aromatic heterocycles. The van der Waals surface area contributed by atoms with Crippen molar-refractivity contribution >= 4 is 17.5 Å². The highest BCUT2D eigenvalue weighted by Gasteiger charge is 2.12. The summed E-state index contributed by atoms with van der Waals surface area (Å²) in [7, 11) is 5.34. The van der Waals surface area contributed by atoms with Gasteiger partial charge in [-0.3, -0.25) is 4.79 Å². The van der Waals surface area contributed by atoms with Crippen LogP contribution < -0.4 is 10.2 Å². The molecule has 1 amide bonds. The van der Waals surface area contributed by atoms with E-state index in [0.717, 1.165) is 18.2 Å². The van der Waals surface area contributed by atoms with Crippen molar-refractivity contribution in [1.82, 2.24) is 9.88 Å². The van der Waals surface area contributed by atoms with Gasteiger partial charge in [0.15, 0.2) is 0 Å². The van der Waals surface area contributed by atoms with Crippen LogP contribution in [0.5, 0.6) is 0 Å². The van der Waals surface area contributed by atoms with Crippen molar-refractivity contribution in [2.24, 2.45) is 0 Å². The molecule has 17 heavy (non-hydrogen) atoms. The number of rotatable bonds is 5. The summed E-state index contributed by atoms with van der Waals surface area (Å²) in [6, 6.07) is 5.73. The molecule has 0 atom stereocenters. The van der Waals surface area contributed by atoms with Crippen LogP contribution in [0.4, 0.5) is 11.6 Å². The average Bonchev–Trinajstić information content (AvgIpc) is 2.35. The van der Waals surface area contributed by atoms with Crippen LogP contribution in [-0.2, 0) is 4.79 Å². The number of hydrogen-bond acceptors (Lipinski definition) is 4. The van der Waals surface area contributed by atoms with E-state index >= 15 is 0 Å². The van der Waals surface area contributed by atoms with Gasteiger partial charge in [-0.2, -0.15) is 0 Å². The first-order valence-corrected chi connectivity index (χ1v) is 5.68. The van der Waals surface area contributed by atoms with Crippen molar-refractivity contribution < 1.29 is 4.79 Å². The molecule has 0 fully saturated rings. The predicted molar refractivity (Wildman–Crippen MR) is 70.4 cm³/mol. The van der Waals surface area contributed by atoms with Crippen LogP contribution in [0.25, 0.3) is 0 Å². The first-order chi connectivity index (χ1) is 8.08. The maximum atomic E-state index is 11.7. The fourth-order valence-corrected chi connectivity index (χ4v) is 1.40. The van der Waals surface area contributed by atoms with Crippen LogP contribution >= 0.6 is 0 Å². The predicted octanol–water partition coefficient (Wildman–Crippen LogP) is 1.04. The van der Waals surface area contributed by atoms with Crippen molar-refractivity contribution in [2.75, 3.05) is 44.4 Å². The van der Waals surface area contributed by atoms with Gasteiger partial charge >= 0.3 is 0 Å². The lowest BCUT2D eigenvalue weighted by Crippen LogP contribution is -2.37. The van der Waals surface area contributed by atoms with Crippen molar-refractivity contribution in [3.05, 3.63) is 18.2 Å². The molecular weight excluding hydrogens is 216 g/mol. The number of nitrogens with zero attached hydrogens (tertiary/aromatic N) is 3. The van der Waals surface area contributed by atoms with E-state index in [4.69, 9.17) is 0 Å². The number of likely N-dealkylation sites (N-methyl/N-ethyl adjacent to an activating group) is 2. The molecule has 1 rings (SSSR count). The Bertz CT molecular complexity index is 379. The van der Waals surface area contributed by atoms with E-state index in [-0.39, 0.29) is 5.91 Å². The number of aromatic nitrogens is 1. The summed E-state index contributed by atoms with van der Waals surface area (Å²) in [5.41, 5.74) is 0. The Morgan fingerprint density at radius 3 is 2.65 bits per heavy atom. The SMILES string of the molecule is CCN(CC(=O)N(C)C)c1cccc(NC)n1. The summed E-state index contributed by atoms with van der Waals surface area (Å²) >= 11 is 0. The summed E-state index contributed by atoms with van der Waals surface area (Å²) in [6.07, 6.45) is 0. The van der Waals surface area contributed by atoms with Gasteiger partial charge in [-0.1, -0.05) is 6.07 Å². The van der Waals surface area contributed by atoms with Gasteiger partial charge in [-0.25, -0.2) is 4.98 Å². The molecule has 1 aromatic rings. The quantitative estimate of drug-likeness (QED) is 0.830. The standard InChI is InChI=1S/C12H20N4O/c1-5-16(9-12(17)15(3)4)11-8-6-7-10(13-2)14-11/h6-8H,5,9H2,1-4H3,(H,13,14). The van der Waals surface area contributed by atoms with E-state index in [2.05, 4.69) is 10.3 Å². The first-order valence-electron chi connectivity index (χ1n) is 5.68. The van der Waals surface area contributed by atoms with Crippen LogP contribution in [-0.4, -0.2) is 50.0 Å². The monoisotopic (exact) mass is 236 g/mol. The number of nitrogens with one attached hydrogen (secondary N) is 1. The van der Waals surface area contributed by atoms with Crippen LogP contribution in [0.1, 0.15) is 6.92 Å². The third-order valence-electron chi connectivity index (χ3n) is 2.52. The van der Waals surface area contributed by atoms with Gasteiger partial charge in [0, 0.05) is 27.7 Å². The summed E-state index contributed by atoms with van der Waals surface area (Å²) in [5.74, 6) is 1.69. The molecule has 94 valence electrons. The molecule has 1 N–H and O–H groups in total. The highest BCUT2D eigenvalue weighted by Crippen LogP contribution is 2.13. The molecule has 0 saturated carbocycles. The molecule has 0 spiro atoms. The smallest absolute Gasteiger partial charge is 0.241 e. The fourth-order valence-electron chi connectivity index (χ4n) is 1.40. The van der Waals surface area contributed by atoms with Crippen LogP contribution in [0.3, 0.4) is 0 Å². The number of anilines is 2. The highest BCUT2D eigenvalue weighted by atomic mass is 16.2. The van der Waals surface area contributed by atoms with Crippen molar-refractivity contribution in [3.63, 3.8) is 0 Å². The molecule has 0 aliphatic carbocycles. The van der Waals surface area contributed by atoms with Crippen molar-refractivity contribution in [3.8, 4) is 0 Å². The van der Waals surface area contributed by atoms with E-state index in [0.29, 0.717) is 6.54 Å². The Labute approximate surface area is 102 Å². The lowest BCUT2D eigenvalue weighted by atomic mass is 10.3. The van der Waals surface area contributed by atoms with E-state index in [1.807, 2.05) is 37.1 Å². The van der Waals surface area contributed by atoms with E-state index in [1.165, 1.54) is 0 Å². The number of carbonyl (C=O) groups excluding carboxylic acids is 1. The molecule has 5 heteroatoms. The zero-order chi connectivity index (χ0) is 12.8. The lowest BCUT2D eigenvalue weighted by molar-refractivity contribution is -0.127.